The maximum Gasteiger partial charge on any atom is 0.422 e. The molecule has 2 heterocycles. The minimum Gasteiger partial charge on any atom is -0.467 e. The van der Waals surface area contributed by atoms with Crippen LogP contribution < -0.4 is 10.1 Å². The van der Waals surface area contributed by atoms with E-state index in [0.29, 0.717) is 5.56 Å². The van der Waals surface area contributed by atoms with Crippen LogP contribution >= 0.6 is 11.6 Å². The van der Waals surface area contributed by atoms with Crippen LogP contribution in [0.2, 0.25) is 5.02 Å². The molecule has 1 fully saturated rings. The van der Waals surface area contributed by atoms with E-state index in [1.165, 1.54) is 24.5 Å². The molecule has 31 heavy (non-hydrogen) atoms. The summed E-state index contributed by atoms with van der Waals surface area (Å²) in [5.41, 5.74) is 0.564. The molecule has 1 N–H and O–H groups in total. The number of ketones is 1. The van der Waals surface area contributed by atoms with E-state index >= 15 is 0 Å². The van der Waals surface area contributed by atoms with Crippen molar-refractivity contribution in [2.24, 2.45) is 5.92 Å². The molecule has 7 nitrogen and oxygen atoms in total. The van der Waals surface area contributed by atoms with E-state index in [-0.39, 0.29) is 40.5 Å². The molecule has 2 aromatic rings. The second kappa shape index (κ2) is 9.59. The molecule has 166 valence electrons. The standard InChI is InChI=1S/C20H20ClF3N4O3/c1-11(13-7-14(21)19(26-9-13)31-10-20(22,23)24)27-18(30)15-5-6-25-17(28-15)8-16(29)12-3-2-4-12/h5-7,9,11-12H,2-4,8,10H2,1H3,(H,27,30). The highest BCUT2D eigenvalue weighted by molar-refractivity contribution is 6.31. The van der Waals surface area contributed by atoms with Gasteiger partial charge in [0, 0.05) is 18.3 Å². The zero-order chi connectivity index (χ0) is 22.6. The minimum absolute atomic E-state index is 0.0569. The fourth-order valence-electron chi connectivity index (χ4n) is 2.93. The Bertz CT molecular complexity index is 967. The number of ether oxygens (including phenoxy) is 1. The van der Waals surface area contributed by atoms with Crippen LogP contribution in [0, 0.1) is 5.92 Å². The third-order valence-electron chi connectivity index (χ3n) is 4.88. The molecule has 1 unspecified atom stereocenters. The van der Waals surface area contributed by atoms with Crippen LogP contribution in [-0.4, -0.2) is 39.4 Å². The predicted octanol–water partition coefficient (Wildman–Crippen LogP) is 3.87. The number of hydrogen-bond donors (Lipinski definition) is 1. The highest BCUT2D eigenvalue weighted by Crippen LogP contribution is 2.28. The lowest BCUT2D eigenvalue weighted by Crippen LogP contribution is -2.28. The number of alkyl halides is 3. The average molecular weight is 457 g/mol. The van der Waals surface area contributed by atoms with Gasteiger partial charge < -0.3 is 10.1 Å². The van der Waals surface area contributed by atoms with Crippen LogP contribution in [0.25, 0.3) is 0 Å². The summed E-state index contributed by atoms with van der Waals surface area (Å²) in [6.07, 6.45) is 1.07. The fourth-order valence-corrected chi connectivity index (χ4v) is 3.16. The van der Waals surface area contributed by atoms with E-state index in [1.807, 2.05) is 0 Å². The number of carbonyl (C=O) groups excluding carboxylic acids is 2. The summed E-state index contributed by atoms with van der Waals surface area (Å²) in [5, 5.41) is 2.60. The smallest absolute Gasteiger partial charge is 0.422 e. The van der Waals surface area contributed by atoms with E-state index < -0.39 is 24.7 Å². The van der Waals surface area contributed by atoms with Crippen molar-refractivity contribution in [2.75, 3.05) is 6.61 Å². The molecular weight excluding hydrogens is 437 g/mol. The monoisotopic (exact) mass is 456 g/mol. The summed E-state index contributed by atoms with van der Waals surface area (Å²) >= 11 is 5.95. The van der Waals surface area contributed by atoms with Crippen molar-refractivity contribution in [1.82, 2.24) is 20.3 Å². The summed E-state index contributed by atoms with van der Waals surface area (Å²) in [6, 6.07) is 2.23. The Morgan fingerprint density at radius 1 is 1.32 bits per heavy atom. The average Bonchev–Trinajstić information content (AvgIpc) is 2.65. The molecule has 1 saturated carbocycles. The van der Waals surface area contributed by atoms with Crippen molar-refractivity contribution in [3.63, 3.8) is 0 Å². The molecule has 1 aliphatic carbocycles. The number of pyridine rings is 1. The number of aromatic nitrogens is 3. The summed E-state index contributed by atoms with van der Waals surface area (Å²) in [5.74, 6) is -0.432. The second-order valence-electron chi connectivity index (χ2n) is 7.28. The molecule has 3 rings (SSSR count). The maximum atomic E-state index is 12.5. The first-order valence-corrected chi connectivity index (χ1v) is 10.0. The molecule has 1 aliphatic rings. The van der Waals surface area contributed by atoms with Crippen LogP contribution in [0.5, 0.6) is 5.88 Å². The normalized spacial score (nSPS) is 15.1. The molecule has 2 aromatic heterocycles. The third-order valence-corrected chi connectivity index (χ3v) is 5.15. The molecule has 1 amide bonds. The van der Waals surface area contributed by atoms with E-state index in [0.717, 1.165) is 19.3 Å². The molecule has 0 radical (unpaired) electrons. The molecule has 0 bridgehead atoms. The van der Waals surface area contributed by atoms with Crippen LogP contribution in [0.15, 0.2) is 24.5 Å². The minimum atomic E-state index is -4.51. The molecule has 0 aromatic carbocycles. The van der Waals surface area contributed by atoms with Gasteiger partial charge in [-0.2, -0.15) is 13.2 Å². The van der Waals surface area contributed by atoms with Gasteiger partial charge in [-0.05, 0) is 37.5 Å². The van der Waals surface area contributed by atoms with E-state index in [2.05, 4.69) is 25.0 Å². The summed E-state index contributed by atoms with van der Waals surface area (Å²) in [6.45, 7) is 0.147. The largest absolute Gasteiger partial charge is 0.467 e. The highest BCUT2D eigenvalue weighted by Gasteiger charge is 2.29. The van der Waals surface area contributed by atoms with Crippen LogP contribution in [0.3, 0.4) is 0 Å². The van der Waals surface area contributed by atoms with Crippen molar-refractivity contribution >= 4 is 23.3 Å². The first-order valence-electron chi connectivity index (χ1n) is 9.63. The van der Waals surface area contributed by atoms with E-state index in [1.54, 1.807) is 6.92 Å². The number of rotatable bonds is 8. The van der Waals surface area contributed by atoms with Gasteiger partial charge in [0.1, 0.15) is 22.3 Å². The number of carbonyl (C=O) groups is 2. The van der Waals surface area contributed by atoms with Gasteiger partial charge in [-0.3, -0.25) is 9.59 Å². The van der Waals surface area contributed by atoms with Crippen LogP contribution in [0.4, 0.5) is 13.2 Å². The number of Topliss-reactive ketones (excluding diaryl/α,β-unsaturated/α-hetero) is 1. The Balaban J connectivity index is 1.61. The number of hydrogen-bond acceptors (Lipinski definition) is 6. The number of amides is 1. The van der Waals surface area contributed by atoms with Crippen molar-refractivity contribution in [1.29, 1.82) is 0 Å². The molecule has 0 spiro atoms. The quantitative estimate of drug-likeness (QED) is 0.648. The van der Waals surface area contributed by atoms with Gasteiger partial charge in [0.2, 0.25) is 5.88 Å². The van der Waals surface area contributed by atoms with Crippen molar-refractivity contribution in [3.8, 4) is 5.88 Å². The maximum absolute atomic E-state index is 12.5. The molecule has 1 atom stereocenters. The van der Waals surface area contributed by atoms with E-state index in [4.69, 9.17) is 11.6 Å². The highest BCUT2D eigenvalue weighted by atomic mass is 35.5. The first kappa shape index (κ1) is 22.9. The fraction of sp³-hybridized carbons (Fsp3) is 0.450. The number of halogens is 4. The van der Waals surface area contributed by atoms with Crippen molar-refractivity contribution in [2.45, 2.75) is 44.8 Å². The SMILES string of the molecule is CC(NC(=O)c1ccnc(CC(=O)C2CCC2)n1)c1cnc(OCC(F)(F)F)c(Cl)c1. The van der Waals surface area contributed by atoms with Crippen LogP contribution in [-0.2, 0) is 11.2 Å². The number of nitrogens with one attached hydrogen (secondary N) is 1. The predicted molar refractivity (Wildman–Crippen MR) is 105 cm³/mol. The van der Waals surface area contributed by atoms with Gasteiger partial charge in [-0.15, -0.1) is 0 Å². The summed E-state index contributed by atoms with van der Waals surface area (Å²) in [4.78, 5) is 36.7. The lowest BCUT2D eigenvalue weighted by Gasteiger charge is -2.23. The van der Waals surface area contributed by atoms with Gasteiger partial charge in [-0.1, -0.05) is 18.0 Å². The van der Waals surface area contributed by atoms with E-state index in [9.17, 15) is 22.8 Å². The molecule has 11 heteroatoms. The second-order valence-corrected chi connectivity index (χ2v) is 7.69. The summed E-state index contributed by atoms with van der Waals surface area (Å²) in [7, 11) is 0. The molecule has 0 saturated heterocycles. The lowest BCUT2D eigenvalue weighted by atomic mass is 9.81. The van der Waals surface area contributed by atoms with Crippen LogP contribution in [0.1, 0.15) is 54.1 Å². The Hall–Kier alpha value is -2.75. The van der Waals surface area contributed by atoms with Gasteiger partial charge in [0.05, 0.1) is 12.5 Å². The van der Waals surface area contributed by atoms with Crippen molar-refractivity contribution in [3.05, 3.63) is 46.6 Å². The Kier molecular flexibility index (Phi) is 7.09. The van der Waals surface area contributed by atoms with Gasteiger partial charge in [0.25, 0.3) is 5.91 Å². The molecular formula is C20H20ClF3N4O3. The van der Waals surface area contributed by atoms with Gasteiger partial charge >= 0.3 is 6.18 Å². The topological polar surface area (TPSA) is 94.1 Å². The van der Waals surface area contributed by atoms with Gasteiger partial charge in [-0.25, -0.2) is 15.0 Å². The first-order chi connectivity index (χ1) is 14.6. The number of nitrogens with zero attached hydrogens (tertiary/aromatic N) is 3. The Morgan fingerprint density at radius 2 is 2.06 bits per heavy atom. The van der Waals surface area contributed by atoms with Gasteiger partial charge in [0.15, 0.2) is 6.61 Å². The molecule has 0 aliphatic heterocycles. The Morgan fingerprint density at radius 3 is 2.68 bits per heavy atom. The lowest BCUT2D eigenvalue weighted by molar-refractivity contribution is -0.154. The van der Waals surface area contributed by atoms with Crippen molar-refractivity contribution < 1.29 is 27.5 Å². The summed E-state index contributed by atoms with van der Waals surface area (Å²) < 4.78 is 41.4. The zero-order valence-corrected chi connectivity index (χ0v) is 17.3. The third kappa shape index (κ3) is 6.36. The Labute approximate surface area is 181 Å². The zero-order valence-electron chi connectivity index (χ0n) is 16.6.